The smallest absolute Gasteiger partial charge is 0.412 e. The van der Waals surface area contributed by atoms with Crippen molar-refractivity contribution in [3.8, 4) is 5.75 Å². The van der Waals surface area contributed by atoms with Gasteiger partial charge in [0.15, 0.2) is 0 Å². The highest BCUT2D eigenvalue weighted by Crippen LogP contribution is 2.50. The SMILES string of the molecule is CCCCC1(CCCC)CSc2cc(O/C=C/C(=O)O)c(SC)cc2N(c2ccc(NC(=O)OC(C)(C)C)cc2)C1. The number of ether oxygens (including phenoxy) is 2. The second kappa shape index (κ2) is 14.9. The Morgan fingerprint density at radius 1 is 1.12 bits per heavy atom. The minimum absolute atomic E-state index is 0.132. The monoisotopic (exact) mass is 600 g/mol. The number of hydrogen-bond acceptors (Lipinski definition) is 7. The molecule has 1 aliphatic rings. The Kier molecular flexibility index (Phi) is 11.9. The van der Waals surface area contributed by atoms with Gasteiger partial charge in [0.1, 0.15) is 11.4 Å². The molecule has 0 unspecified atom stereocenters. The predicted octanol–water partition coefficient (Wildman–Crippen LogP) is 9.34. The average Bonchev–Trinajstić information content (AvgIpc) is 3.06. The largest absolute Gasteiger partial charge is 0.478 e. The van der Waals surface area contributed by atoms with Crippen molar-refractivity contribution in [3.63, 3.8) is 0 Å². The Morgan fingerprint density at radius 3 is 2.34 bits per heavy atom. The molecule has 9 heteroatoms. The highest BCUT2D eigenvalue weighted by Gasteiger charge is 2.36. The van der Waals surface area contributed by atoms with E-state index in [9.17, 15) is 9.59 Å². The third-order valence-electron chi connectivity index (χ3n) is 6.91. The number of carboxylic acid groups (broad SMARTS) is 1. The third kappa shape index (κ3) is 9.64. The van der Waals surface area contributed by atoms with Crippen molar-refractivity contribution < 1.29 is 24.2 Å². The molecule has 0 saturated heterocycles. The Labute approximate surface area is 253 Å². The fraction of sp³-hybridized carbons (Fsp3) is 0.500. The number of fused-ring (bicyclic) bond motifs is 1. The quantitative estimate of drug-likeness (QED) is 0.142. The van der Waals surface area contributed by atoms with Crippen molar-refractivity contribution in [2.24, 2.45) is 5.41 Å². The molecule has 0 radical (unpaired) electrons. The van der Waals surface area contributed by atoms with E-state index in [1.807, 2.05) is 57.0 Å². The van der Waals surface area contributed by atoms with Crippen LogP contribution in [0.3, 0.4) is 0 Å². The van der Waals surface area contributed by atoms with Crippen molar-refractivity contribution in [2.45, 2.75) is 88.5 Å². The molecule has 41 heavy (non-hydrogen) atoms. The molecule has 2 aromatic rings. The maximum Gasteiger partial charge on any atom is 0.412 e. The third-order valence-corrected chi connectivity index (χ3v) is 9.07. The molecule has 0 saturated carbocycles. The lowest BCUT2D eigenvalue weighted by Crippen LogP contribution is -2.36. The van der Waals surface area contributed by atoms with Crippen LogP contribution in [0.1, 0.15) is 73.1 Å². The van der Waals surface area contributed by atoms with Crippen LogP contribution in [0.2, 0.25) is 0 Å². The van der Waals surface area contributed by atoms with Gasteiger partial charge in [0.2, 0.25) is 0 Å². The van der Waals surface area contributed by atoms with Crippen molar-refractivity contribution in [2.75, 3.05) is 28.8 Å². The van der Waals surface area contributed by atoms with Crippen molar-refractivity contribution in [1.29, 1.82) is 0 Å². The van der Waals surface area contributed by atoms with Crippen molar-refractivity contribution >= 4 is 52.6 Å². The van der Waals surface area contributed by atoms with Gasteiger partial charge in [-0.05, 0) is 81.7 Å². The maximum atomic E-state index is 12.3. The summed E-state index contributed by atoms with van der Waals surface area (Å²) in [4.78, 5) is 27.8. The van der Waals surface area contributed by atoms with E-state index < -0.39 is 17.7 Å². The zero-order valence-corrected chi connectivity index (χ0v) is 26.8. The number of nitrogens with one attached hydrogen (secondary N) is 1. The summed E-state index contributed by atoms with van der Waals surface area (Å²) in [6, 6.07) is 12.1. The summed E-state index contributed by atoms with van der Waals surface area (Å²) in [5.41, 5.74) is 2.39. The van der Waals surface area contributed by atoms with Gasteiger partial charge in [-0.15, -0.1) is 23.5 Å². The fourth-order valence-corrected chi connectivity index (χ4v) is 6.77. The van der Waals surface area contributed by atoms with Crippen LogP contribution in [0, 0.1) is 5.41 Å². The molecule has 2 N–H and O–H groups in total. The number of carboxylic acids is 1. The second-order valence-corrected chi connectivity index (χ2v) is 13.4. The van der Waals surface area contributed by atoms with E-state index in [0.29, 0.717) is 11.4 Å². The highest BCUT2D eigenvalue weighted by molar-refractivity contribution is 7.99. The minimum Gasteiger partial charge on any atom is -0.478 e. The number of rotatable bonds is 12. The summed E-state index contributed by atoms with van der Waals surface area (Å²) in [6.07, 6.45) is 10.7. The summed E-state index contributed by atoms with van der Waals surface area (Å²) in [5.74, 6) is 0.595. The number of aliphatic carboxylic acids is 1. The number of benzene rings is 2. The molecule has 0 fully saturated rings. The molecule has 1 aliphatic heterocycles. The van der Waals surface area contributed by atoms with E-state index in [4.69, 9.17) is 14.6 Å². The molecule has 0 aromatic heterocycles. The standard InChI is InChI=1S/C32H44N2O5S2/c1-7-9-16-32(17-10-8-2)21-34(24-13-11-23(12-14-24)33-30(37)39-31(3,4)5)25-19-28(40-6)26(20-27(25)41-22-32)38-18-15-29(35)36/h11-15,18-20H,7-10,16-17,21-22H2,1-6H3,(H,33,37)(H,35,36)/b18-15+. The first kappa shape index (κ1) is 32.7. The van der Waals surface area contributed by atoms with Gasteiger partial charge in [0, 0.05) is 28.6 Å². The first-order valence-corrected chi connectivity index (χ1v) is 16.5. The molecule has 0 aliphatic carbocycles. The maximum absolute atomic E-state index is 12.3. The van der Waals surface area contributed by atoms with Crippen molar-refractivity contribution in [1.82, 2.24) is 0 Å². The zero-order chi connectivity index (χ0) is 30.0. The van der Waals surface area contributed by atoms with E-state index in [1.54, 1.807) is 11.8 Å². The molecule has 3 rings (SSSR count). The van der Waals surface area contributed by atoms with Gasteiger partial charge in [-0.1, -0.05) is 39.5 Å². The lowest BCUT2D eigenvalue weighted by molar-refractivity contribution is -0.131. The number of anilines is 3. The summed E-state index contributed by atoms with van der Waals surface area (Å²) in [7, 11) is 0. The molecular formula is C32H44N2O5S2. The van der Waals surface area contributed by atoms with Gasteiger partial charge in [-0.2, -0.15) is 0 Å². The number of thioether (sulfide) groups is 2. The van der Waals surface area contributed by atoms with Gasteiger partial charge < -0.3 is 19.5 Å². The molecule has 2 aromatic carbocycles. The van der Waals surface area contributed by atoms with Gasteiger partial charge in [0.05, 0.1) is 22.9 Å². The molecule has 7 nitrogen and oxygen atoms in total. The Bertz CT molecular complexity index is 1200. The first-order chi connectivity index (χ1) is 19.5. The lowest BCUT2D eigenvalue weighted by Gasteiger charge is -2.38. The average molecular weight is 601 g/mol. The Morgan fingerprint density at radius 2 is 1.78 bits per heavy atom. The number of amides is 1. The number of carbonyl (C=O) groups excluding carboxylic acids is 1. The number of unbranched alkanes of at least 4 members (excludes halogenated alkanes) is 2. The van der Waals surface area contributed by atoms with Crippen molar-refractivity contribution in [3.05, 3.63) is 48.7 Å². The van der Waals surface area contributed by atoms with Crippen LogP contribution in [0.5, 0.6) is 5.75 Å². The molecule has 1 heterocycles. The molecule has 224 valence electrons. The zero-order valence-electron chi connectivity index (χ0n) is 25.1. The summed E-state index contributed by atoms with van der Waals surface area (Å²) in [6.45, 7) is 10.9. The van der Waals surface area contributed by atoms with E-state index in [1.165, 1.54) is 19.1 Å². The predicted molar refractivity (Wildman–Crippen MR) is 171 cm³/mol. The lowest BCUT2D eigenvalue weighted by atomic mass is 9.79. The van der Waals surface area contributed by atoms with E-state index in [-0.39, 0.29) is 5.41 Å². The summed E-state index contributed by atoms with van der Waals surface area (Å²) >= 11 is 3.43. The van der Waals surface area contributed by atoms with Crippen LogP contribution < -0.4 is 15.0 Å². The second-order valence-electron chi connectivity index (χ2n) is 11.5. The number of nitrogens with zero attached hydrogens (tertiary/aromatic N) is 1. The van der Waals surface area contributed by atoms with Crippen LogP contribution in [-0.2, 0) is 9.53 Å². The normalized spacial score (nSPS) is 14.8. The Balaban J connectivity index is 2.04. The summed E-state index contributed by atoms with van der Waals surface area (Å²) in [5, 5.41) is 11.8. The van der Waals surface area contributed by atoms with Crippen LogP contribution in [0.4, 0.5) is 21.9 Å². The molecular weight excluding hydrogens is 556 g/mol. The topological polar surface area (TPSA) is 88.1 Å². The van der Waals surface area contributed by atoms with Crippen LogP contribution in [0.15, 0.2) is 58.5 Å². The molecule has 0 atom stereocenters. The number of carbonyl (C=O) groups is 2. The minimum atomic E-state index is -1.05. The van der Waals surface area contributed by atoms with E-state index >= 15 is 0 Å². The van der Waals surface area contributed by atoms with Crippen LogP contribution in [-0.4, -0.2) is 41.3 Å². The van der Waals surface area contributed by atoms with E-state index in [2.05, 4.69) is 42.3 Å². The van der Waals surface area contributed by atoms with E-state index in [0.717, 1.165) is 65.2 Å². The highest BCUT2D eigenvalue weighted by atomic mass is 32.2. The van der Waals surface area contributed by atoms with Gasteiger partial charge in [-0.3, -0.25) is 5.32 Å². The molecule has 0 bridgehead atoms. The number of hydrogen-bond donors (Lipinski definition) is 2. The Hall–Kier alpha value is -2.78. The molecule has 0 spiro atoms. The fourth-order valence-electron chi connectivity index (χ4n) is 4.88. The van der Waals surface area contributed by atoms with Crippen LogP contribution >= 0.6 is 23.5 Å². The van der Waals surface area contributed by atoms with Gasteiger partial charge in [0.25, 0.3) is 0 Å². The van der Waals surface area contributed by atoms with Gasteiger partial charge >= 0.3 is 12.1 Å². The summed E-state index contributed by atoms with van der Waals surface area (Å²) < 4.78 is 11.2. The first-order valence-electron chi connectivity index (χ1n) is 14.3. The van der Waals surface area contributed by atoms with Crippen LogP contribution in [0.25, 0.3) is 0 Å². The van der Waals surface area contributed by atoms with Gasteiger partial charge in [-0.25, -0.2) is 9.59 Å². The molecule has 1 amide bonds.